The number of nitrogens with zero attached hydrogens (tertiary/aromatic N) is 2. The minimum atomic E-state index is 0.0495. The van der Waals surface area contributed by atoms with Gasteiger partial charge in [-0.25, -0.2) is 4.98 Å². The van der Waals surface area contributed by atoms with E-state index in [1.54, 1.807) is 0 Å². The van der Waals surface area contributed by atoms with Gasteiger partial charge in [0.1, 0.15) is 5.82 Å². The van der Waals surface area contributed by atoms with Crippen molar-refractivity contribution in [1.82, 2.24) is 9.38 Å². The lowest BCUT2D eigenvalue weighted by Gasteiger charge is -2.08. The van der Waals surface area contributed by atoms with Crippen molar-refractivity contribution in [2.75, 3.05) is 0 Å². The van der Waals surface area contributed by atoms with E-state index in [2.05, 4.69) is 15.5 Å². The fraction of sp³-hybridized carbons (Fsp3) is 0.364. The predicted octanol–water partition coefficient (Wildman–Crippen LogP) is 1.97. The van der Waals surface area contributed by atoms with Crippen LogP contribution in [0.5, 0.6) is 0 Å². The van der Waals surface area contributed by atoms with E-state index in [-0.39, 0.29) is 6.04 Å². The van der Waals surface area contributed by atoms with Gasteiger partial charge >= 0.3 is 0 Å². The predicted molar refractivity (Wildman–Crippen MR) is 57.3 cm³/mol. The van der Waals surface area contributed by atoms with Gasteiger partial charge in [0, 0.05) is 12.2 Å². The number of hydrogen-bond donors (Lipinski definition) is 1. The van der Waals surface area contributed by atoms with Crippen LogP contribution in [0.25, 0.3) is 5.52 Å². The molecular weight excluding hydrogens is 174 g/mol. The maximum atomic E-state index is 5.92. The topological polar surface area (TPSA) is 43.3 Å². The zero-order valence-corrected chi connectivity index (χ0v) is 8.78. The van der Waals surface area contributed by atoms with Crippen molar-refractivity contribution in [3.05, 3.63) is 35.4 Å². The van der Waals surface area contributed by atoms with Gasteiger partial charge in [0.05, 0.1) is 11.2 Å². The zero-order chi connectivity index (χ0) is 10.3. The van der Waals surface area contributed by atoms with E-state index >= 15 is 0 Å². The van der Waals surface area contributed by atoms with Gasteiger partial charge < -0.3 is 10.1 Å². The Hall–Kier alpha value is -1.35. The minimum absolute atomic E-state index is 0.0495. The molecule has 0 fully saturated rings. The number of nitrogens with two attached hydrogens (primary N) is 1. The molecule has 0 saturated carbocycles. The molecule has 3 heteroatoms. The molecule has 3 nitrogen and oxygen atoms in total. The molecule has 2 aromatic heterocycles. The highest BCUT2D eigenvalue weighted by molar-refractivity contribution is 5.60. The molecule has 1 unspecified atom stereocenters. The van der Waals surface area contributed by atoms with Gasteiger partial charge in [0.2, 0.25) is 0 Å². The van der Waals surface area contributed by atoms with Crippen molar-refractivity contribution in [2.45, 2.75) is 26.8 Å². The summed E-state index contributed by atoms with van der Waals surface area (Å²) in [7, 11) is 0. The number of rotatable bonds is 1. The van der Waals surface area contributed by atoms with Crippen molar-refractivity contribution in [2.24, 2.45) is 5.73 Å². The zero-order valence-electron chi connectivity index (χ0n) is 8.78. The van der Waals surface area contributed by atoms with Gasteiger partial charge in [0.15, 0.2) is 0 Å². The summed E-state index contributed by atoms with van der Waals surface area (Å²) in [5.41, 5.74) is 9.28. The van der Waals surface area contributed by atoms with E-state index in [4.69, 9.17) is 5.73 Å². The van der Waals surface area contributed by atoms with Crippen molar-refractivity contribution in [1.29, 1.82) is 0 Å². The van der Waals surface area contributed by atoms with Gasteiger partial charge in [-0.1, -0.05) is 6.07 Å². The lowest BCUT2D eigenvalue weighted by Crippen LogP contribution is -2.07. The van der Waals surface area contributed by atoms with Gasteiger partial charge in [-0.2, -0.15) is 0 Å². The summed E-state index contributed by atoms with van der Waals surface area (Å²) in [6, 6.07) is 4.13. The molecule has 0 aliphatic rings. The first-order chi connectivity index (χ1) is 6.61. The Kier molecular flexibility index (Phi) is 2.04. The molecule has 2 aromatic rings. The highest BCUT2D eigenvalue weighted by Gasteiger charge is 2.10. The van der Waals surface area contributed by atoms with E-state index < -0.39 is 0 Å². The van der Waals surface area contributed by atoms with Gasteiger partial charge in [-0.15, -0.1) is 0 Å². The van der Waals surface area contributed by atoms with Crippen molar-refractivity contribution in [3.63, 3.8) is 0 Å². The first-order valence-electron chi connectivity index (χ1n) is 4.81. The van der Waals surface area contributed by atoms with E-state index in [1.165, 1.54) is 0 Å². The molecule has 0 bridgehead atoms. The van der Waals surface area contributed by atoms with Crippen LogP contribution in [0.1, 0.15) is 30.0 Å². The first kappa shape index (κ1) is 9.21. The standard InChI is InChI=1S/C11H15N3/c1-7(12)10-5-4-6-14-9(3)13-8(2)11(10)14/h4-7H,12H2,1-3H3. The largest absolute Gasteiger partial charge is 0.324 e. The molecule has 14 heavy (non-hydrogen) atoms. The summed E-state index contributed by atoms with van der Waals surface area (Å²) < 4.78 is 2.09. The summed E-state index contributed by atoms with van der Waals surface area (Å²) in [4.78, 5) is 4.44. The van der Waals surface area contributed by atoms with Crippen LogP contribution in [0.4, 0.5) is 0 Å². The van der Waals surface area contributed by atoms with Crippen molar-refractivity contribution >= 4 is 5.52 Å². The molecule has 2 rings (SSSR count). The maximum absolute atomic E-state index is 5.92. The molecule has 0 spiro atoms. The molecule has 0 saturated heterocycles. The summed E-state index contributed by atoms with van der Waals surface area (Å²) in [6.07, 6.45) is 2.02. The molecule has 0 aliphatic carbocycles. The molecule has 0 aliphatic heterocycles. The fourth-order valence-corrected chi connectivity index (χ4v) is 1.90. The number of hydrogen-bond acceptors (Lipinski definition) is 2. The molecule has 74 valence electrons. The fourth-order valence-electron chi connectivity index (χ4n) is 1.90. The van der Waals surface area contributed by atoms with Crippen LogP contribution >= 0.6 is 0 Å². The first-order valence-corrected chi connectivity index (χ1v) is 4.81. The summed E-state index contributed by atoms with van der Waals surface area (Å²) >= 11 is 0. The van der Waals surface area contributed by atoms with Gasteiger partial charge in [0.25, 0.3) is 0 Å². The minimum Gasteiger partial charge on any atom is -0.324 e. The third kappa shape index (κ3) is 1.21. The monoisotopic (exact) mass is 189 g/mol. The van der Waals surface area contributed by atoms with Crippen LogP contribution in [0.15, 0.2) is 18.3 Å². The molecule has 0 radical (unpaired) electrons. The Morgan fingerprint density at radius 3 is 2.79 bits per heavy atom. The molecule has 0 aromatic carbocycles. The Labute approximate surface area is 83.6 Å². The lowest BCUT2D eigenvalue weighted by atomic mass is 10.1. The molecule has 0 amide bonds. The lowest BCUT2D eigenvalue weighted by molar-refractivity contribution is 0.818. The van der Waals surface area contributed by atoms with E-state index in [0.717, 1.165) is 22.6 Å². The average Bonchev–Trinajstić information content (AvgIpc) is 2.43. The summed E-state index contributed by atoms with van der Waals surface area (Å²) in [5, 5.41) is 0. The van der Waals surface area contributed by atoms with E-state index in [1.807, 2.05) is 33.0 Å². The van der Waals surface area contributed by atoms with Crippen molar-refractivity contribution in [3.8, 4) is 0 Å². The SMILES string of the molecule is Cc1nc(C)n2cccc(C(C)N)c12. The van der Waals surface area contributed by atoms with Crippen LogP contribution in [0.3, 0.4) is 0 Å². The normalized spacial score (nSPS) is 13.4. The number of aryl methyl sites for hydroxylation is 2. The van der Waals surface area contributed by atoms with Crippen molar-refractivity contribution < 1.29 is 0 Å². The molecule has 2 N–H and O–H groups in total. The van der Waals surface area contributed by atoms with E-state index in [0.29, 0.717) is 0 Å². The smallest absolute Gasteiger partial charge is 0.110 e. The number of imidazole rings is 1. The quantitative estimate of drug-likeness (QED) is 0.745. The highest BCUT2D eigenvalue weighted by Crippen LogP contribution is 2.21. The summed E-state index contributed by atoms with van der Waals surface area (Å²) in [6.45, 7) is 6.02. The van der Waals surface area contributed by atoms with Gasteiger partial charge in [-0.3, -0.25) is 0 Å². The number of aromatic nitrogens is 2. The Balaban J connectivity index is 2.85. The second-order valence-corrected chi connectivity index (χ2v) is 3.72. The van der Waals surface area contributed by atoms with Crippen LogP contribution in [0, 0.1) is 13.8 Å². The summed E-state index contributed by atoms with van der Waals surface area (Å²) in [5.74, 6) is 1.01. The molecular formula is C11H15N3. The molecule has 2 heterocycles. The highest BCUT2D eigenvalue weighted by atomic mass is 15.0. The number of pyridine rings is 1. The molecule has 1 atom stereocenters. The second-order valence-electron chi connectivity index (χ2n) is 3.72. The van der Waals surface area contributed by atoms with Crippen LogP contribution in [0.2, 0.25) is 0 Å². The van der Waals surface area contributed by atoms with E-state index in [9.17, 15) is 0 Å². The Morgan fingerprint density at radius 1 is 1.43 bits per heavy atom. The third-order valence-electron chi connectivity index (χ3n) is 2.54. The Morgan fingerprint density at radius 2 is 2.14 bits per heavy atom. The Bertz CT molecular complexity index is 469. The third-order valence-corrected chi connectivity index (χ3v) is 2.54. The van der Waals surface area contributed by atoms with Crippen LogP contribution in [-0.2, 0) is 0 Å². The second kappa shape index (κ2) is 3.10. The number of fused-ring (bicyclic) bond motifs is 1. The van der Waals surface area contributed by atoms with Crippen LogP contribution < -0.4 is 5.73 Å². The maximum Gasteiger partial charge on any atom is 0.110 e. The van der Waals surface area contributed by atoms with Gasteiger partial charge in [-0.05, 0) is 32.4 Å². The van der Waals surface area contributed by atoms with Crippen LogP contribution in [-0.4, -0.2) is 9.38 Å². The average molecular weight is 189 g/mol.